The predicted molar refractivity (Wildman–Crippen MR) is 69.6 cm³/mol. The molecule has 0 aromatic heterocycles. The number of carboxylic acids is 1. The predicted octanol–water partition coefficient (Wildman–Crippen LogP) is 2.00. The Balaban J connectivity index is 2.71. The normalized spacial score (nSPS) is 11.9. The summed E-state index contributed by atoms with van der Waals surface area (Å²) < 4.78 is 0.663. The zero-order chi connectivity index (χ0) is 13.7. The first-order valence-electron chi connectivity index (χ1n) is 5.45. The van der Waals surface area contributed by atoms with Crippen molar-refractivity contribution in [3.8, 4) is 5.75 Å². The van der Waals surface area contributed by atoms with E-state index in [1.807, 2.05) is 0 Å². The van der Waals surface area contributed by atoms with Gasteiger partial charge in [-0.15, -0.1) is 0 Å². The second-order valence-electron chi connectivity index (χ2n) is 3.81. The smallest absolute Gasteiger partial charge is 0.308 e. The van der Waals surface area contributed by atoms with E-state index in [1.165, 1.54) is 12.1 Å². The number of amides is 1. The molecule has 1 atom stereocenters. The molecule has 0 saturated heterocycles. The second kappa shape index (κ2) is 6.39. The number of aromatic hydroxyl groups is 1. The summed E-state index contributed by atoms with van der Waals surface area (Å²) in [6.07, 6.45) is 0.431. The first-order chi connectivity index (χ1) is 8.45. The molecule has 0 aliphatic carbocycles. The van der Waals surface area contributed by atoms with Crippen LogP contribution in [0.15, 0.2) is 22.7 Å². The summed E-state index contributed by atoms with van der Waals surface area (Å²) in [6, 6.07) is 4.48. The van der Waals surface area contributed by atoms with E-state index in [-0.39, 0.29) is 17.9 Å². The Kier molecular flexibility index (Phi) is 5.15. The van der Waals surface area contributed by atoms with Crippen molar-refractivity contribution in [3.63, 3.8) is 0 Å². The van der Waals surface area contributed by atoms with Crippen LogP contribution in [0.4, 0.5) is 0 Å². The number of halogens is 1. The maximum Gasteiger partial charge on any atom is 0.308 e. The lowest BCUT2D eigenvalue weighted by molar-refractivity contribution is -0.141. The number of hydrogen-bond donors (Lipinski definition) is 3. The minimum Gasteiger partial charge on any atom is -0.507 e. The lowest BCUT2D eigenvalue weighted by Gasteiger charge is -2.11. The van der Waals surface area contributed by atoms with Crippen molar-refractivity contribution >= 4 is 27.8 Å². The van der Waals surface area contributed by atoms with Gasteiger partial charge in [0.1, 0.15) is 5.75 Å². The van der Waals surface area contributed by atoms with Crippen molar-refractivity contribution in [2.45, 2.75) is 13.3 Å². The average molecular weight is 316 g/mol. The van der Waals surface area contributed by atoms with Crippen LogP contribution in [0.5, 0.6) is 5.75 Å². The molecule has 0 aliphatic rings. The summed E-state index contributed by atoms with van der Waals surface area (Å²) in [6.45, 7) is 1.78. The highest BCUT2D eigenvalue weighted by Crippen LogP contribution is 2.21. The Morgan fingerprint density at radius 2 is 2.11 bits per heavy atom. The molecule has 0 spiro atoms. The third-order valence-corrected chi connectivity index (χ3v) is 3.05. The summed E-state index contributed by atoms with van der Waals surface area (Å²) in [5.74, 6) is -2.20. The number of nitrogens with one attached hydrogen (secondary N) is 1. The van der Waals surface area contributed by atoms with Gasteiger partial charge < -0.3 is 15.5 Å². The summed E-state index contributed by atoms with van der Waals surface area (Å²) in [4.78, 5) is 22.6. The van der Waals surface area contributed by atoms with Crippen molar-refractivity contribution in [1.82, 2.24) is 5.32 Å². The molecular weight excluding hydrogens is 302 g/mol. The summed E-state index contributed by atoms with van der Waals surface area (Å²) in [7, 11) is 0. The van der Waals surface area contributed by atoms with Crippen LogP contribution in [-0.4, -0.2) is 28.6 Å². The molecule has 0 heterocycles. The molecule has 1 aromatic rings. The molecule has 1 aromatic carbocycles. The Morgan fingerprint density at radius 3 is 2.67 bits per heavy atom. The van der Waals surface area contributed by atoms with Gasteiger partial charge in [-0.05, 0) is 24.6 Å². The van der Waals surface area contributed by atoms with E-state index in [4.69, 9.17) is 5.11 Å². The van der Waals surface area contributed by atoms with E-state index < -0.39 is 17.8 Å². The van der Waals surface area contributed by atoms with Crippen LogP contribution in [0.1, 0.15) is 23.7 Å². The second-order valence-corrected chi connectivity index (χ2v) is 4.73. The highest BCUT2D eigenvalue weighted by Gasteiger charge is 2.17. The first kappa shape index (κ1) is 14.5. The average Bonchev–Trinajstić information content (AvgIpc) is 2.32. The zero-order valence-corrected chi connectivity index (χ0v) is 11.4. The van der Waals surface area contributed by atoms with Crippen LogP contribution in [-0.2, 0) is 4.79 Å². The van der Waals surface area contributed by atoms with Gasteiger partial charge >= 0.3 is 5.97 Å². The lowest BCUT2D eigenvalue weighted by atomic mass is 10.1. The number of aliphatic carboxylic acids is 1. The zero-order valence-electron chi connectivity index (χ0n) is 9.81. The van der Waals surface area contributed by atoms with E-state index in [9.17, 15) is 14.7 Å². The molecule has 3 N–H and O–H groups in total. The number of carbonyl (C=O) groups is 2. The Bertz CT molecular complexity index is 461. The van der Waals surface area contributed by atoms with Gasteiger partial charge in [-0.25, -0.2) is 0 Å². The van der Waals surface area contributed by atoms with Crippen molar-refractivity contribution < 1.29 is 19.8 Å². The number of phenolic OH excluding ortho intramolecular Hbond substituents is 1. The maximum absolute atomic E-state index is 11.8. The molecule has 0 fully saturated rings. The first-order valence-corrected chi connectivity index (χ1v) is 6.24. The van der Waals surface area contributed by atoms with Gasteiger partial charge in [0.2, 0.25) is 0 Å². The van der Waals surface area contributed by atoms with Crippen LogP contribution in [0, 0.1) is 5.92 Å². The van der Waals surface area contributed by atoms with E-state index >= 15 is 0 Å². The molecule has 18 heavy (non-hydrogen) atoms. The van der Waals surface area contributed by atoms with Gasteiger partial charge in [-0.2, -0.15) is 0 Å². The molecular formula is C12H14BrNO4. The number of phenols is 1. The van der Waals surface area contributed by atoms with E-state index in [2.05, 4.69) is 21.2 Å². The number of carbonyl (C=O) groups excluding carboxylic acids is 1. The minimum atomic E-state index is -0.948. The van der Waals surface area contributed by atoms with Gasteiger partial charge in [-0.3, -0.25) is 9.59 Å². The molecule has 0 aliphatic heterocycles. The highest BCUT2D eigenvalue weighted by atomic mass is 79.9. The SMILES string of the molecule is CCC(CNC(=O)c1cc(Br)ccc1O)C(=O)O. The molecule has 0 radical (unpaired) electrons. The molecule has 5 nitrogen and oxygen atoms in total. The van der Waals surface area contributed by atoms with Crippen LogP contribution < -0.4 is 5.32 Å². The summed E-state index contributed by atoms with van der Waals surface area (Å²) in [5.41, 5.74) is 0.115. The van der Waals surface area contributed by atoms with Crippen LogP contribution in [0.2, 0.25) is 0 Å². The third kappa shape index (κ3) is 3.73. The number of benzene rings is 1. The topological polar surface area (TPSA) is 86.6 Å². The monoisotopic (exact) mass is 315 g/mol. The van der Waals surface area contributed by atoms with Gasteiger partial charge in [0, 0.05) is 11.0 Å². The summed E-state index contributed by atoms with van der Waals surface area (Å²) in [5, 5.41) is 20.9. The van der Waals surface area contributed by atoms with Crippen molar-refractivity contribution in [3.05, 3.63) is 28.2 Å². The van der Waals surface area contributed by atoms with E-state index in [0.717, 1.165) is 0 Å². The molecule has 1 amide bonds. The number of hydrogen-bond acceptors (Lipinski definition) is 3. The Morgan fingerprint density at radius 1 is 1.44 bits per heavy atom. The Labute approximate surface area is 113 Å². The van der Waals surface area contributed by atoms with E-state index in [0.29, 0.717) is 10.9 Å². The van der Waals surface area contributed by atoms with Crippen molar-refractivity contribution in [2.75, 3.05) is 6.54 Å². The number of rotatable bonds is 5. The van der Waals surface area contributed by atoms with Crippen LogP contribution in [0.25, 0.3) is 0 Å². The van der Waals surface area contributed by atoms with Crippen LogP contribution >= 0.6 is 15.9 Å². The maximum atomic E-state index is 11.8. The fourth-order valence-corrected chi connectivity index (χ4v) is 1.77. The van der Waals surface area contributed by atoms with Crippen molar-refractivity contribution in [1.29, 1.82) is 0 Å². The highest BCUT2D eigenvalue weighted by molar-refractivity contribution is 9.10. The molecule has 98 valence electrons. The summed E-state index contributed by atoms with van der Waals surface area (Å²) >= 11 is 3.20. The molecule has 1 rings (SSSR count). The fraction of sp³-hybridized carbons (Fsp3) is 0.333. The van der Waals surface area contributed by atoms with Gasteiger partial charge in [0.15, 0.2) is 0 Å². The largest absolute Gasteiger partial charge is 0.507 e. The molecule has 1 unspecified atom stereocenters. The molecule has 6 heteroatoms. The standard InChI is InChI=1S/C12H14BrNO4/c1-2-7(12(17)18)6-14-11(16)9-5-8(13)3-4-10(9)15/h3-5,7,15H,2,6H2,1H3,(H,14,16)(H,17,18). The lowest BCUT2D eigenvalue weighted by Crippen LogP contribution is -2.32. The van der Waals surface area contributed by atoms with Gasteiger partial charge in [-0.1, -0.05) is 22.9 Å². The Hall–Kier alpha value is -1.56. The van der Waals surface area contributed by atoms with Crippen molar-refractivity contribution in [2.24, 2.45) is 5.92 Å². The fourth-order valence-electron chi connectivity index (χ4n) is 1.41. The van der Waals surface area contributed by atoms with Crippen LogP contribution in [0.3, 0.4) is 0 Å². The minimum absolute atomic E-state index is 0.0383. The molecule has 0 saturated carbocycles. The quantitative estimate of drug-likeness (QED) is 0.775. The molecule has 0 bridgehead atoms. The van der Waals surface area contributed by atoms with Gasteiger partial charge in [0.05, 0.1) is 11.5 Å². The number of carboxylic acid groups (broad SMARTS) is 1. The van der Waals surface area contributed by atoms with Gasteiger partial charge in [0.25, 0.3) is 5.91 Å². The van der Waals surface area contributed by atoms with E-state index in [1.54, 1.807) is 13.0 Å². The third-order valence-electron chi connectivity index (χ3n) is 2.55.